The maximum atomic E-state index is 4.29. The summed E-state index contributed by atoms with van der Waals surface area (Å²) in [7, 11) is 1.80. The Balaban J connectivity index is 1.76. The van der Waals surface area contributed by atoms with Crippen LogP contribution in [0.1, 0.15) is 29.5 Å². The second-order valence-electron chi connectivity index (χ2n) is 5.36. The molecule has 0 spiro atoms. The maximum absolute atomic E-state index is 4.29. The molecular weight excluding hydrogens is 292 g/mol. The first kappa shape index (κ1) is 16.5. The van der Waals surface area contributed by atoms with Gasteiger partial charge in [0.25, 0.3) is 0 Å². The molecule has 5 heteroatoms. The fraction of sp³-hybridized carbons (Fsp3) is 0.412. The fourth-order valence-electron chi connectivity index (χ4n) is 2.19. The van der Waals surface area contributed by atoms with Crippen LogP contribution in [0.15, 0.2) is 40.8 Å². The summed E-state index contributed by atoms with van der Waals surface area (Å²) in [5.41, 5.74) is 4.34. The zero-order valence-electron chi connectivity index (χ0n) is 13.5. The predicted molar refractivity (Wildman–Crippen MR) is 94.4 cm³/mol. The molecule has 22 heavy (non-hydrogen) atoms. The average Bonchev–Trinajstić information content (AvgIpc) is 2.95. The van der Waals surface area contributed by atoms with Gasteiger partial charge in [0.2, 0.25) is 0 Å². The van der Waals surface area contributed by atoms with E-state index in [4.69, 9.17) is 0 Å². The van der Waals surface area contributed by atoms with Crippen molar-refractivity contribution in [2.45, 2.75) is 39.3 Å². The van der Waals surface area contributed by atoms with E-state index >= 15 is 0 Å². The summed E-state index contributed by atoms with van der Waals surface area (Å²) in [6.07, 6.45) is 2.14. The average molecular weight is 316 g/mol. The van der Waals surface area contributed by atoms with E-state index in [0.29, 0.717) is 6.04 Å². The van der Waals surface area contributed by atoms with Gasteiger partial charge in [-0.1, -0.05) is 30.3 Å². The topological polar surface area (TPSA) is 49.3 Å². The zero-order chi connectivity index (χ0) is 15.8. The van der Waals surface area contributed by atoms with Gasteiger partial charge in [-0.15, -0.1) is 11.3 Å². The molecule has 0 fully saturated rings. The smallest absolute Gasteiger partial charge is 0.191 e. The number of nitrogens with zero attached hydrogens (tertiary/aromatic N) is 2. The summed E-state index contributed by atoms with van der Waals surface area (Å²) < 4.78 is 0. The number of guanidine groups is 1. The molecule has 0 saturated heterocycles. The van der Waals surface area contributed by atoms with Gasteiger partial charge in [0.05, 0.1) is 17.7 Å². The Labute approximate surface area is 136 Å². The van der Waals surface area contributed by atoms with Crippen LogP contribution < -0.4 is 10.6 Å². The fourth-order valence-corrected chi connectivity index (χ4v) is 2.90. The number of aryl methyl sites for hydroxylation is 2. The van der Waals surface area contributed by atoms with E-state index in [1.165, 1.54) is 10.4 Å². The van der Waals surface area contributed by atoms with Gasteiger partial charge in [0.15, 0.2) is 5.96 Å². The number of thiazole rings is 1. The second-order valence-corrected chi connectivity index (χ2v) is 6.30. The van der Waals surface area contributed by atoms with Crippen LogP contribution in [0.25, 0.3) is 0 Å². The molecule has 1 unspecified atom stereocenters. The molecule has 1 aromatic carbocycles. The van der Waals surface area contributed by atoms with E-state index in [0.717, 1.165) is 31.0 Å². The third-order valence-corrected chi connectivity index (χ3v) is 4.51. The first-order chi connectivity index (χ1) is 10.7. The van der Waals surface area contributed by atoms with Gasteiger partial charge in [-0.05, 0) is 32.3 Å². The first-order valence-corrected chi connectivity index (χ1v) is 8.47. The van der Waals surface area contributed by atoms with E-state index in [1.54, 1.807) is 18.4 Å². The lowest BCUT2D eigenvalue weighted by Crippen LogP contribution is -2.42. The normalized spacial score (nSPS) is 13.0. The van der Waals surface area contributed by atoms with Crippen LogP contribution in [0.2, 0.25) is 0 Å². The van der Waals surface area contributed by atoms with E-state index in [1.807, 2.05) is 12.4 Å². The monoisotopic (exact) mass is 316 g/mol. The lowest BCUT2D eigenvalue weighted by Gasteiger charge is -2.17. The van der Waals surface area contributed by atoms with Gasteiger partial charge >= 0.3 is 0 Å². The molecule has 0 aliphatic heterocycles. The Morgan fingerprint density at radius 1 is 1.32 bits per heavy atom. The molecule has 4 nitrogen and oxygen atoms in total. The molecular formula is C17H24N4S. The van der Waals surface area contributed by atoms with E-state index in [9.17, 15) is 0 Å². The van der Waals surface area contributed by atoms with Gasteiger partial charge in [0, 0.05) is 18.0 Å². The van der Waals surface area contributed by atoms with Crippen molar-refractivity contribution < 1.29 is 0 Å². The summed E-state index contributed by atoms with van der Waals surface area (Å²) in [5.74, 6) is 0.841. The van der Waals surface area contributed by atoms with Crippen LogP contribution in [-0.2, 0) is 13.0 Å². The number of rotatable bonds is 6. The molecule has 2 aromatic rings. The van der Waals surface area contributed by atoms with Gasteiger partial charge in [0.1, 0.15) is 0 Å². The number of aromatic nitrogens is 1. The molecule has 1 heterocycles. The van der Waals surface area contributed by atoms with Gasteiger partial charge in [-0.3, -0.25) is 4.99 Å². The third kappa shape index (κ3) is 5.15. The van der Waals surface area contributed by atoms with Gasteiger partial charge in [-0.25, -0.2) is 4.98 Å². The van der Waals surface area contributed by atoms with Crippen molar-refractivity contribution in [3.63, 3.8) is 0 Å². The molecule has 0 bridgehead atoms. The van der Waals surface area contributed by atoms with E-state index in [2.05, 4.69) is 57.9 Å². The van der Waals surface area contributed by atoms with Crippen molar-refractivity contribution in [2.24, 2.45) is 4.99 Å². The van der Waals surface area contributed by atoms with Crippen LogP contribution in [-0.4, -0.2) is 24.0 Å². The maximum Gasteiger partial charge on any atom is 0.191 e. The molecule has 2 N–H and O–H groups in total. The molecule has 118 valence electrons. The van der Waals surface area contributed by atoms with Gasteiger partial charge < -0.3 is 10.6 Å². The summed E-state index contributed by atoms with van der Waals surface area (Å²) >= 11 is 1.67. The Bertz CT molecular complexity index is 592. The van der Waals surface area contributed by atoms with Crippen molar-refractivity contribution in [1.29, 1.82) is 0 Å². The SMILES string of the molecule is CN=C(NCc1scnc1C)NC(C)CCc1ccccc1. The highest BCUT2D eigenvalue weighted by molar-refractivity contribution is 7.09. The molecule has 0 amide bonds. The summed E-state index contributed by atoms with van der Waals surface area (Å²) in [6.45, 7) is 4.99. The third-order valence-electron chi connectivity index (χ3n) is 3.58. The number of aliphatic imine (C=N–C) groups is 1. The van der Waals surface area contributed by atoms with E-state index < -0.39 is 0 Å². The molecule has 0 radical (unpaired) electrons. The highest BCUT2D eigenvalue weighted by Gasteiger charge is 2.07. The van der Waals surface area contributed by atoms with Gasteiger partial charge in [-0.2, -0.15) is 0 Å². The minimum absolute atomic E-state index is 0.369. The lowest BCUT2D eigenvalue weighted by atomic mass is 10.1. The highest BCUT2D eigenvalue weighted by Crippen LogP contribution is 2.11. The van der Waals surface area contributed by atoms with Crippen LogP contribution in [0, 0.1) is 6.92 Å². The quantitative estimate of drug-likeness (QED) is 0.636. The minimum Gasteiger partial charge on any atom is -0.354 e. The number of benzene rings is 1. The molecule has 1 atom stereocenters. The standard InChI is InChI=1S/C17H24N4S/c1-13(9-10-15-7-5-4-6-8-15)21-17(18-3)19-11-16-14(2)20-12-22-16/h4-8,12-13H,9-11H2,1-3H3,(H2,18,19,21). The van der Waals surface area contributed by atoms with Crippen molar-refractivity contribution in [1.82, 2.24) is 15.6 Å². The Morgan fingerprint density at radius 3 is 2.73 bits per heavy atom. The predicted octanol–water partition coefficient (Wildman–Crippen LogP) is 3.14. The lowest BCUT2D eigenvalue weighted by molar-refractivity contribution is 0.593. The number of nitrogens with one attached hydrogen (secondary N) is 2. The molecule has 1 aromatic heterocycles. The number of hydrogen-bond acceptors (Lipinski definition) is 3. The number of hydrogen-bond donors (Lipinski definition) is 2. The van der Waals surface area contributed by atoms with Crippen LogP contribution in [0.5, 0.6) is 0 Å². The molecule has 0 aliphatic rings. The molecule has 2 rings (SSSR count). The first-order valence-electron chi connectivity index (χ1n) is 7.59. The second kappa shape index (κ2) is 8.54. The summed E-state index contributed by atoms with van der Waals surface area (Å²) in [6, 6.07) is 10.9. The van der Waals surface area contributed by atoms with Crippen molar-refractivity contribution in [2.75, 3.05) is 7.05 Å². The minimum atomic E-state index is 0.369. The van der Waals surface area contributed by atoms with Crippen molar-refractivity contribution in [3.8, 4) is 0 Å². The van der Waals surface area contributed by atoms with Crippen LogP contribution >= 0.6 is 11.3 Å². The largest absolute Gasteiger partial charge is 0.354 e. The Kier molecular flexibility index (Phi) is 6.40. The van der Waals surface area contributed by atoms with Crippen LogP contribution in [0.3, 0.4) is 0 Å². The van der Waals surface area contributed by atoms with Crippen molar-refractivity contribution >= 4 is 17.3 Å². The zero-order valence-corrected chi connectivity index (χ0v) is 14.3. The Morgan fingerprint density at radius 2 is 2.09 bits per heavy atom. The highest BCUT2D eigenvalue weighted by atomic mass is 32.1. The summed E-state index contributed by atoms with van der Waals surface area (Å²) in [5, 5.41) is 6.79. The molecule has 0 aliphatic carbocycles. The Hall–Kier alpha value is -1.88. The summed E-state index contributed by atoms with van der Waals surface area (Å²) in [4.78, 5) is 9.80. The molecule has 0 saturated carbocycles. The van der Waals surface area contributed by atoms with E-state index in [-0.39, 0.29) is 0 Å². The van der Waals surface area contributed by atoms with Crippen molar-refractivity contribution in [3.05, 3.63) is 52.0 Å². The van der Waals surface area contributed by atoms with Crippen LogP contribution in [0.4, 0.5) is 0 Å².